The van der Waals surface area contributed by atoms with Gasteiger partial charge in [-0.2, -0.15) is 13.2 Å². The lowest BCUT2D eigenvalue weighted by atomic mass is 9.98. The number of aliphatic hydroxyl groups excluding tert-OH is 2. The molecule has 0 bridgehead atoms. The van der Waals surface area contributed by atoms with Crippen LogP contribution in [0.1, 0.15) is 5.69 Å². The third-order valence-electron chi connectivity index (χ3n) is 2.95. The number of hydrogen-bond acceptors (Lipinski definition) is 6. The van der Waals surface area contributed by atoms with Crippen LogP contribution in [-0.4, -0.2) is 51.1 Å². The number of aliphatic hydroxyl groups is 2. The number of hydrogen-bond donors (Lipinski definition) is 3. The molecule has 1 aromatic rings. The van der Waals surface area contributed by atoms with Crippen LogP contribution in [0.25, 0.3) is 0 Å². The van der Waals surface area contributed by atoms with Crippen LogP contribution in [0.4, 0.5) is 19.0 Å². The highest BCUT2D eigenvalue weighted by Crippen LogP contribution is 2.28. The molecule has 1 aromatic heterocycles. The SMILES string of the molecule is C#C[C@H]1OC[C@H](Nc2cncc(C(F)(F)F)n2)[C@@H](O)[C@H]1O. The van der Waals surface area contributed by atoms with Gasteiger partial charge in [-0.1, -0.05) is 5.92 Å². The summed E-state index contributed by atoms with van der Waals surface area (Å²) < 4.78 is 42.7. The summed E-state index contributed by atoms with van der Waals surface area (Å²) in [5.41, 5.74) is -1.17. The topological polar surface area (TPSA) is 87.5 Å². The van der Waals surface area contributed by atoms with Crippen molar-refractivity contribution >= 4 is 5.82 Å². The third kappa shape index (κ3) is 3.41. The van der Waals surface area contributed by atoms with E-state index in [9.17, 15) is 23.4 Å². The van der Waals surface area contributed by atoms with Gasteiger partial charge < -0.3 is 20.3 Å². The molecule has 0 aromatic carbocycles. The largest absolute Gasteiger partial charge is 0.434 e. The molecule has 3 N–H and O–H groups in total. The Kier molecular flexibility index (Phi) is 4.32. The predicted molar refractivity (Wildman–Crippen MR) is 65.0 cm³/mol. The molecule has 1 fully saturated rings. The van der Waals surface area contributed by atoms with Crippen LogP contribution in [0.5, 0.6) is 0 Å². The number of anilines is 1. The van der Waals surface area contributed by atoms with Gasteiger partial charge in [0.2, 0.25) is 0 Å². The molecule has 114 valence electrons. The first-order valence-electron chi connectivity index (χ1n) is 5.92. The van der Waals surface area contributed by atoms with Gasteiger partial charge in [0.15, 0.2) is 5.69 Å². The summed E-state index contributed by atoms with van der Waals surface area (Å²) in [5.74, 6) is 1.97. The Labute approximate surface area is 118 Å². The summed E-state index contributed by atoms with van der Waals surface area (Å²) in [6, 6.07) is -0.859. The van der Waals surface area contributed by atoms with E-state index in [2.05, 4.69) is 21.2 Å². The minimum atomic E-state index is -4.62. The second-order valence-corrected chi connectivity index (χ2v) is 4.44. The molecular weight excluding hydrogens is 291 g/mol. The van der Waals surface area contributed by atoms with Crippen LogP contribution in [-0.2, 0) is 10.9 Å². The smallest absolute Gasteiger partial charge is 0.388 e. The molecule has 9 heteroatoms. The van der Waals surface area contributed by atoms with Gasteiger partial charge in [-0.25, -0.2) is 4.98 Å². The average molecular weight is 303 g/mol. The van der Waals surface area contributed by atoms with Gasteiger partial charge in [0.05, 0.1) is 25.0 Å². The second kappa shape index (κ2) is 5.85. The van der Waals surface area contributed by atoms with E-state index in [1.807, 2.05) is 0 Å². The highest BCUT2D eigenvalue weighted by molar-refractivity contribution is 5.34. The molecule has 1 aliphatic rings. The zero-order valence-electron chi connectivity index (χ0n) is 10.6. The maximum atomic E-state index is 12.5. The second-order valence-electron chi connectivity index (χ2n) is 4.44. The number of alkyl halides is 3. The molecule has 0 unspecified atom stereocenters. The summed E-state index contributed by atoms with van der Waals surface area (Å²) in [6.45, 7) is -0.0922. The molecule has 1 saturated heterocycles. The van der Waals surface area contributed by atoms with Crippen molar-refractivity contribution in [2.24, 2.45) is 0 Å². The normalized spacial score (nSPS) is 29.7. The summed E-state index contributed by atoms with van der Waals surface area (Å²) in [5, 5.41) is 22.1. The maximum Gasteiger partial charge on any atom is 0.434 e. The van der Waals surface area contributed by atoms with E-state index in [1.165, 1.54) is 0 Å². The van der Waals surface area contributed by atoms with Gasteiger partial charge >= 0.3 is 6.18 Å². The Morgan fingerprint density at radius 2 is 2.05 bits per heavy atom. The number of ether oxygens (including phenoxy) is 1. The minimum absolute atomic E-state index is 0.0922. The van der Waals surface area contributed by atoms with Crippen molar-refractivity contribution in [3.63, 3.8) is 0 Å². The van der Waals surface area contributed by atoms with Crippen LogP contribution in [0.15, 0.2) is 12.4 Å². The first-order chi connectivity index (χ1) is 9.82. The van der Waals surface area contributed by atoms with E-state index in [0.717, 1.165) is 6.20 Å². The Bertz CT molecular complexity index is 547. The number of rotatable bonds is 2. The van der Waals surface area contributed by atoms with E-state index in [-0.39, 0.29) is 12.4 Å². The summed E-state index contributed by atoms with van der Waals surface area (Å²) in [6.07, 6.45) is -1.48. The van der Waals surface area contributed by atoms with E-state index >= 15 is 0 Å². The molecule has 0 aliphatic carbocycles. The van der Waals surface area contributed by atoms with Crippen molar-refractivity contribution in [3.05, 3.63) is 18.1 Å². The summed E-state index contributed by atoms with van der Waals surface area (Å²) in [4.78, 5) is 6.78. The minimum Gasteiger partial charge on any atom is -0.388 e. The lowest BCUT2D eigenvalue weighted by molar-refractivity contribution is -0.141. The molecule has 0 amide bonds. The van der Waals surface area contributed by atoms with E-state index in [4.69, 9.17) is 11.2 Å². The van der Waals surface area contributed by atoms with Gasteiger partial charge in [-0.3, -0.25) is 4.98 Å². The molecule has 2 heterocycles. The molecule has 4 atom stereocenters. The number of aromatic nitrogens is 2. The lowest BCUT2D eigenvalue weighted by Gasteiger charge is -2.35. The first-order valence-corrected chi connectivity index (χ1v) is 5.92. The highest BCUT2D eigenvalue weighted by atomic mass is 19.4. The van der Waals surface area contributed by atoms with E-state index in [0.29, 0.717) is 6.20 Å². The maximum absolute atomic E-state index is 12.5. The van der Waals surface area contributed by atoms with Gasteiger partial charge in [-0.05, 0) is 0 Å². The van der Waals surface area contributed by atoms with Crippen molar-refractivity contribution in [1.82, 2.24) is 9.97 Å². The lowest BCUT2D eigenvalue weighted by Crippen LogP contribution is -2.55. The quantitative estimate of drug-likeness (QED) is 0.668. The zero-order chi connectivity index (χ0) is 15.6. The van der Waals surface area contributed by atoms with Gasteiger partial charge in [-0.15, -0.1) is 6.42 Å². The van der Waals surface area contributed by atoms with Crippen molar-refractivity contribution in [1.29, 1.82) is 0 Å². The Balaban J connectivity index is 2.11. The monoisotopic (exact) mass is 303 g/mol. The molecule has 0 radical (unpaired) electrons. The fourth-order valence-corrected chi connectivity index (χ4v) is 1.86. The number of terminal acetylenes is 1. The molecule has 0 spiro atoms. The molecule has 2 rings (SSSR count). The fraction of sp³-hybridized carbons (Fsp3) is 0.500. The predicted octanol–water partition coefficient (Wildman–Crippen LogP) is 0.0297. The third-order valence-corrected chi connectivity index (χ3v) is 2.95. The van der Waals surface area contributed by atoms with Crippen LogP contribution in [0.3, 0.4) is 0 Å². The fourth-order valence-electron chi connectivity index (χ4n) is 1.86. The summed E-state index contributed by atoms with van der Waals surface area (Å²) in [7, 11) is 0. The Morgan fingerprint density at radius 3 is 2.67 bits per heavy atom. The van der Waals surface area contributed by atoms with Gasteiger partial charge in [0.25, 0.3) is 0 Å². The molecular formula is C12H12F3N3O3. The molecule has 6 nitrogen and oxygen atoms in total. The van der Waals surface area contributed by atoms with Crippen molar-refractivity contribution in [2.45, 2.75) is 30.5 Å². The standard InChI is InChI=1S/C12H12F3N3O3/c1-2-7-11(20)10(19)6(5-21-7)17-9-4-16-3-8(18-9)12(13,14)15/h1,3-4,6-7,10-11,19-20H,5H2,(H,17,18)/t6-,7+,10+,11-/m0/s1. The van der Waals surface area contributed by atoms with Crippen molar-refractivity contribution in [2.75, 3.05) is 11.9 Å². The van der Waals surface area contributed by atoms with E-state index in [1.54, 1.807) is 0 Å². The van der Waals surface area contributed by atoms with Crippen molar-refractivity contribution < 1.29 is 28.1 Å². The number of nitrogens with zero attached hydrogens (tertiary/aromatic N) is 2. The van der Waals surface area contributed by atoms with Crippen LogP contribution in [0, 0.1) is 12.3 Å². The van der Waals surface area contributed by atoms with Crippen LogP contribution in [0.2, 0.25) is 0 Å². The first kappa shape index (κ1) is 15.5. The highest BCUT2D eigenvalue weighted by Gasteiger charge is 2.38. The summed E-state index contributed by atoms with van der Waals surface area (Å²) >= 11 is 0. The zero-order valence-corrected chi connectivity index (χ0v) is 10.6. The Morgan fingerprint density at radius 1 is 1.33 bits per heavy atom. The average Bonchev–Trinajstić information content (AvgIpc) is 2.44. The molecule has 21 heavy (non-hydrogen) atoms. The van der Waals surface area contributed by atoms with Crippen LogP contribution >= 0.6 is 0 Å². The number of nitrogens with one attached hydrogen (secondary N) is 1. The van der Waals surface area contributed by atoms with Crippen LogP contribution < -0.4 is 5.32 Å². The molecule has 0 saturated carbocycles. The van der Waals surface area contributed by atoms with Gasteiger partial charge in [0.1, 0.15) is 24.1 Å². The van der Waals surface area contributed by atoms with Crippen molar-refractivity contribution in [3.8, 4) is 12.3 Å². The number of halogens is 3. The van der Waals surface area contributed by atoms with E-state index < -0.39 is 36.2 Å². The molecule has 1 aliphatic heterocycles. The van der Waals surface area contributed by atoms with Gasteiger partial charge in [0, 0.05) is 0 Å². The Hall–Kier alpha value is -1.89.